The maximum atomic E-state index is 14.3. The highest BCUT2D eigenvalue weighted by Gasteiger charge is 2.35. The van der Waals surface area contributed by atoms with Crippen LogP contribution in [0.1, 0.15) is 72.5 Å². The number of nitrogens with two attached hydrogens (primary N) is 1. The molecule has 2 aromatic rings. The number of ether oxygens (including phenoxy) is 1. The Morgan fingerprint density at radius 3 is 2.30 bits per heavy atom. The summed E-state index contributed by atoms with van der Waals surface area (Å²) in [6.45, 7) is 5.78. The lowest BCUT2D eigenvalue weighted by Gasteiger charge is -2.33. The van der Waals surface area contributed by atoms with Crippen LogP contribution in [0.2, 0.25) is 0 Å². The number of carbonyl (C=O) groups excluding carboxylic acids is 1. The molecule has 1 aliphatic carbocycles. The van der Waals surface area contributed by atoms with Crippen LogP contribution in [0.4, 0.5) is 17.6 Å². The molecule has 0 unspecified atom stereocenters. The third-order valence-electron chi connectivity index (χ3n) is 5.93. The number of nitrogens with zero attached hydrogens (tertiary/aromatic N) is 1. The average Bonchev–Trinajstić information content (AvgIpc) is 3.61. The summed E-state index contributed by atoms with van der Waals surface area (Å²) < 4.78 is 59.5. The lowest BCUT2D eigenvalue weighted by atomic mass is 9.97. The van der Waals surface area contributed by atoms with E-state index >= 15 is 0 Å². The van der Waals surface area contributed by atoms with E-state index in [9.17, 15) is 22.4 Å². The van der Waals surface area contributed by atoms with Crippen molar-refractivity contribution >= 4 is 5.91 Å². The fraction of sp³-hybridized carbons (Fsp3) is 0.480. The smallest absolute Gasteiger partial charge is 0.419 e. The quantitative estimate of drug-likeness (QED) is 0.540. The van der Waals surface area contributed by atoms with Crippen molar-refractivity contribution in [3.8, 4) is 5.75 Å². The van der Waals surface area contributed by atoms with Crippen molar-refractivity contribution in [2.45, 2.75) is 64.3 Å². The predicted molar refractivity (Wildman–Crippen MR) is 119 cm³/mol. The zero-order valence-electron chi connectivity index (χ0n) is 18.9. The number of alkyl halides is 3. The number of hydrogen-bond acceptors (Lipinski definition) is 3. The highest BCUT2D eigenvalue weighted by molar-refractivity contribution is 5.93. The zero-order chi connectivity index (χ0) is 24.2. The van der Waals surface area contributed by atoms with Gasteiger partial charge in [0.2, 0.25) is 0 Å². The predicted octanol–water partition coefficient (Wildman–Crippen LogP) is 5.89. The van der Waals surface area contributed by atoms with Crippen LogP contribution in [0.5, 0.6) is 5.75 Å². The second kappa shape index (κ2) is 10.5. The number of para-hydroxylation sites is 1. The molecule has 0 aromatic heterocycles. The Balaban J connectivity index is 0.00000149. The third-order valence-corrected chi connectivity index (χ3v) is 5.93. The summed E-state index contributed by atoms with van der Waals surface area (Å²) >= 11 is 0. The number of halogens is 4. The molecule has 1 amide bonds. The Labute approximate surface area is 191 Å². The van der Waals surface area contributed by atoms with Crippen LogP contribution in [0.3, 0.4) is 0 Å². The molecule has 2 N–H and O–H groups in total. The first kappa shape index (κ1) is 25.0. The maximum Gasteiger partial charge on any atom is 0.419 e. The van der Waals surface area contributed by atoms with Gasteiger partial charge in [0.15, 0.2) is 0 Å². The molecule has 8 heteroatoms. The highest BCUT2D eigenvalue weighted by Crippen LogP contribution is 2.43. The normalized spacial score (nSPS) is 17.3. The minimum absolute atomic E-state index is 0.0823. The first-order chi connectivity index (χ1) is 15.7. The molecule has 2 aromatic carbocycles. The van der Waals surface area contributed by atoms with Gasteiger partial charge in [-0.1, -0.05) is 26.0 Å². The molecule has 1 aliphatic heterocycles. The monoisotopic (exact) mass is 466 g/mol. The molecule has 180 valence electrons. The van der Waals surface area contributed by atoms with Gasteiger partial charge in [0, 0.05) is 19.6 Å². The fourth-order valence-corrected chi connectivity index (χ4v) is 4.14. The van der Waals surface area contributed by atoms with E-state index in [1.165, 1.54) is 24.3 Å². The van der Waals surface area contributed by atoms with E-state index in [2.05, 4.69) is 4.90 Å². The molecule has 1 saturated heterocycles. The van der Waals surface area contributed by atoms with E-state index < -0.39 is 23.5 Å². The van der Waals surface area contributed by atoms with Gasteiger partial charge in [-0.3, -0.25) is 9.69 Å². The van der Waals surface area contributed by atoms with Crippen molar-refractivity contribution in [1.82, 2.24) is 4.90 Å². The summed E-state index contributed by atoms with van der Waals surface area (Å²) in [7, 11) is 0. The Morgan fingerprint density at radius 2 is 1.73 bits per heavy atom. The molecule has 0 radical (unpaired) electrons. The van der Waals surface area contributed by atoms with E-state index in [0.29, 0.717) is 38.4 Å². The van der Waals surface area contributed by atoms with Crippen LogP contribution >= 0.6 is 0 Å². The molecule has 2 aliphatic rings. The second-order valence-electron chi connectivity index (χ2n) is 8.26. The average molecular weight is 467 g/mol. The van der Waals surface area contributed by atoms with Crippen LogP contribution in [0.15, 0.2) is 36.4 Å². The van der Waals surface area contributed by atoms with Gasteiger partial charge in [0.05, 0.1) is 11.1 Å². The summed E-state index contributed by atoms with van der Waals surface area (Å²) in [6, 6.07) is 8.22. The summed E-state index contributed by atoms with van der Waals surface area (Å²) in [6.07, 6.45) is -1.61. The van der Waals surface area contributed by atoms with Gasteiger partial charge in [0.1, 0.15) is 17.7 Å². The second-order valence-corrected chi connectivity index (χ2v) is 8.26. The Bertz CT molecular complexity index is 965. The molecule has 4 rings (SSSR count). The SMILES string of the molecule is CC.NC(=O)c1cc(C2CC2)c(CN2CCC(Oc3ccccc3C(F)(F)F)CC2)cc1F. The van der Waals surface area contributed by atoms with E-state index in [4.69, 9.17) is 10.5 Å². The van der Waals surface area contributed by atoms with Crippen molar-refractivity contribution in [3.05, 3.63) is 64.5 Å². The largest absolute Gasteiger partial charge is 0.490 e. The number of hydrogen-bond donors (Lipinski definition) is 1. The summed E-state index contributed by atoms with van der Waals surface area (Å²) in [5, 5.41) is 0. The number of likely N-dealkylation sites (tertiary alicyclic amines) is 1. The van der Waals surface area contributed by atoms with Crippen LogP contribution < -0.4 is 10.5 Å². The van der Waals surface area contributed by atoms with E-state index in [1.54, 1.807) is 6.07 Å². The Morgan fingerprint density at radius 1 is 1.09 bits per heavy atom. The number of rotatable bonds is 6. The van der Waals surface area contributed by atoms with Crippen molar-refractivity contribution in [2.75, 3.05) is 13.1 Å². The summed E-state index contributed by atoms with van der Waals surface area (Å²) in [5.74, 6) is -1.21. The minimum atomic E-state index is -4.46. The molecular weight excluding hydrogens is 436 g/mol. The van der Waals surface area contributed by atoms with Crippen molar-refractivity contribution in [3.63, 3.8) is 0 Å². The molecular formula is C25H30F4N2O2. The highest BCUT2D eigenvalue weighted by atomic mass is 19.4. The number of amides is 1. The molecule has 33 heavy (non-hydrogen) atoms. The summed E-state index contributed by atoms with van der Waals surface area (Å²) in [4.78, 5) is 13.6. The van der Waals surface area contributed by atoms with Crippen molar-refractivity contribution in [1.29, 1.82) is 0 Å². The zero-order valence-corrected chi connectivity index (χ0v) is 18.9. The number of benzene rings is 2. The molecule has 2 fully saturated rings. The van der Waals surface area contributed by atoms with Crippen molar-refractivity contribution < 1.29 is 27.1 Å². The number of primary amides is 1. The van der Waals surface area contributed by atoms with Gasteiger partial charge < -0.3 is 10.5 Å². The molecule has 1 saturated carbocycles. The van der Waals surface area contributed by atoms with Gasteiger partial charge in [-0.25, -0.2) is 4.39 Å². The fourth-order valence-electron chi connectivity index (χ4n) is 4.14. The summed E-state index contributed by atoms with van der Waals surface area (Å²) in [5.41, 5.74) is 6.24. The van der Waals surface area contributed by atoms with Crippen LogP contribution in [-0.4, -0.2) is 30.0 Å². The first-order valence-electron chi connectivity index (χ1n) is 11.4. The first-order valence-corrected chi connectivity index (χ1v) is 11.4. The van der Waals surface area contributed by atoms with Gasteiger partial charge in [-0.2, -0.15) is 13.2 Å². The standard InChI is InChI=1S/C23H24F4N2O2.C2H6/c24-20-11-15(17(14-5-6-14)12-18(20)22(28)30)13-29-9-7-16(8-10-29)31-21-4-2-1-3-19(21)23(25,26)27;1-2/h1-4,11-12,14,16H,5-10,13H2,(H2,28,30);1-2H3. The topological polar surface area (TPSA) is 55.6 Å². The maximum absolute atomic E-state index is 14.3. The van der Waals surface area contributed by atoms with E-state index in [0.717, 1.165) is 30.0 Å². The molecule has 1 heterocycles. The van der Waals surface area contributed by atoms with Crippen LogP contribution in [-0.2, 0) is 12.7 Å². The van der Waals surface area contributed by atoms with E-state index in [1.807, 2.05) is 13.8 Å². The van der Waals surface area contributed by atoms with Gasteiger partial charge >= 0.3 is 6.18 Å². The number of piperidine rings is 1. The van der Waals surface area contributed by atoms with Gasteiger partial charge in [0.25, 0.3) is 5.91 Å². The minimum Gasteiger partial charge on any atom is -0.490 e. The third kappa shape index (κ3) is 6.25. The van der Waals surface area contributed by atoms with Crippen molar-refractivity contribution in [2.24, 2.45) is 5.73 Å². The van der Waals surface area contributed by atoms with Gasteiger partial charge in [-0.15, -0.1) is 0 Å². The van der Waals surface area contributed by atoms with E-state index in [-0.39, 0.29) is 17.4 Å². The molecule has 0 bridgehead atoms. The Hall–Kier alpha value is -2.61. The lowest BCUT2D eigenvalue weighted by Crippen LogP contribution is -2.38. The van der Waals surface area contributed by atoms with Gasteiger partial charge in [-0.05, 0) is 67.0 Å². The lowest BCUT2D eigenvalue weighted by molar-refractivity contribution is -0.139. The molecule has 0 spiro atoms. The molecule has 0 atom stereocenters. The van der Waals surface area contributed by atoms with Crippen LogP contribution in [0.25, 0.3) is 0 Å². The molecule has 4 nitrogen and oxygen atoms in total. The number of carbonyl (C=O) groups is 1. The van der Waals surface area contributed by atoms with Crippen LogP contribution in [0, 0.1) is 5.82 Å². The Kier molecular flexibility index (Phi) is 8.00.